The Hall–Kier alpha value is -3.26. The minimum atomic E-state index is -0.785. The van der Waals surface area contributed by atoms with Crippen LogP contribution < -0.4 is 10.3 Å². The third-order valence-electron chi connectivity index (χ3n) is 4.96. The fourth-order valence-electron chi connectivity index (χ4n) is 3.43. The summed E-state index contributed by atoms with van der Waals surface area (Å²) in [6.07, 6.45) is 2.59. The Kier molecular flexibility index (Phi) is 6.79. The van der Waals surface area contributed by atoms with Gasteiger partial charge >= 0.3 is 0 Å². The molecule has 0 spiro atoms. The molecular formula is C22H24N2O6. The lowest BCUT2D eigenvalue weighted by atomic mass is 9.91. The highest BCUT2D eigenvalue weighted by atomic mass is 16.5. The van der Waals surface area contributed by atoms with Gasteiger partial charge in [-0.2, -0.15) is 0 Å². The summed E-state index contributed by atoms with van der Waals surface area (Å²) >= 11 is 0. The van der Waals surface area contributed by atoms with E-state index in [2.05, 4.69) is 4.98 Å². The van der Waals surface area contributed by atoms with Gasteiger partial charge in [0.15, 0.2) is 5.78 Å². The molecule has 1 aromatic heterocycles. The van der Waals surface area contributed by atoms with Gasteiger partial charge in [0.2, 0.25) is 5.78 Å². The molecule has 1 aromatic carbocycles. The number of hydrogen-bond acceptors (Lipinski definition) is 7. The molecule has 0 aliphatic heterocycles. The molecule has 0 bridgehead atoms. The number of allylic oxidation sites excluding steroid dienone is 2. The molecule has 3 rings (SSSR count). The third-order valence-corrected chi connectivity index (χ3v) is 4.96. The number of carbonyl (C=O) groups is 2. The Balaban J connectivity index is 2.11. The van der Waals surface area contributed by atoms with Crippen molar-refractivity contribution in [3.05, 3.63) is 57.7 Å². The van der Waals surface area contributed by atoms with Crippen molar-refractivity contribution in [1.29, 1.82) is 0 Å². The van der Waals surface area contributed by atoms with Gasteiger partial charge in [-0.25, -0.2) is 4.98 Å². The van der Waals surface area contributed by atoms with Gasteiger partial charge in [-0.3, -0.25) is 19.0 Å². The van der Waals surface area contributed by atoms with E-state index >= 15 is 0 Å². The lowest BCUT2D eigenvalue weighted by Gasteiger charge is -2.16. The number of hydrogen-bond donors (Lipinski definition) is 1. The molecule has 0 amide bonds. The zero-order chi connectivity index (χ0) is 21.7. The van der Waals surface area contributed by atoms with E-state index in [1.807, 2.05) is 0 Å². The quantitative estimate of drug-likeness (QED) is 0.403. The maximum Gasteiger partial charge on any atom is 0.265 e. The molecule has 0 atom stereocenters. The number of Topliss-reactive ketones (excluding diaryl/α,β-unsaturated/α-hetero) is 2. The van der Waals surface area contributed by atoms with Crippen molar-refractivity contribution in [2.45, 2.75) is 32.2 Å². The van der Waals surface area contributed by atoms with Gasteiger partial charge in [-0.1, -0.05) is 12.1 Å². The topological polar surface area (TPSA) is 108 Å². The molecule has 0 fully saturated rings. The summed E-state index contributed by atoms with van der Waals surface area (Å²) < 4.78 is 11.7. The second-order valence-corrected chi connectivity index (χ2v) is 6.96. The SMILES string of the molecule is COCCCn1c(-c2cccc(OC)c2)ncc(C(=O)C2=C(O)CCCC2=O)c1=O. The molecule has 158 valence electrons. The lowest BCUT2D eigenvalue weighted by molar-refractivity contribution is -0.116. The number of ether oxygens (including phenoxy) is 2. The monoisotopic (exact) mass is 412 g/mol. The number of nitrogens with zero attached hydrogens (tertiary/aromatic N) is 2. The Morgan fingerprint density at radius 3 is 2.73 bits per heavy atom. The Morgan fingerprint density at radius 1 is 1.23 bits per heavy atom. The van der Waals surface area contributed by atoms with Crippen molar-refractivity contribution < 1.29 is 24.2 Å². The maximum absolute atomic E-state index is 13.2. The molecule has 0 saturated heterocycles. The molecule has 8 nitrogen and oxygen atoms in total. The molecule has 0 unspecified atom stereocenters. The minimum Gasteiger partial charge on any atom is -0.511 e. The van der Waals surface area contributed by atoms with Crippen LogP contribution in [0.4, 0.5) is 0 Å². The number of ketones is 2. The van der Waals surface area contributed by atoms with E-state index in [-0.39, 0.29) is 36.3 Å². The normalized spacial score (nSPS) is 14.1. The summed E-state index contributed by atoms with van der Waals surface area (Å²) in [5.41, 5.74) is -0.463. The fraction of sp³-hybridized carbons (Fsp3) is 0.364. The van der Waals surface area contributed by atoms with Crippen molar-refractivity contribution in [3.63, 3.8) is 0 Å². The summed E-state index contributed by atoms with van der Waals surface area (Å²) in [5.74, 6) is -0.523. The van der Waals surface area contributed by atoms with Gasteiger partial charge in [-0.15, -0.1) is 0 Å². The van der Waals surface area contributed by atoms with Crippen LogP contribution in [0.3, 0.4) is 0 Å². The van der Waals surface area contributed by atoms with Gasteiger partial charge in [0, 0.05) is 44.9 Å². The molecule has 0 saturated carbocycles. The van der Waals surface area contributed by atoms with Crippen molar-refractivity contribution in [3.8, 4) is 17.1 Å². The number of benzene rings is 1. The number of aliphatic hydroxyl groups excluding tert-OH is 1. The van der Waals surface area contributed by atoms with Crippen LogP contribution in [0.25, 0.3) is 11.4 Å². The number of carbonyl (C=O) groups excluding carboxylic acids is 2. The molecule has 1 aliphatic carbocycles. The van der Waals surface area contributed by atoms with E-state index in [1.165, 1.54) is 10.8 Å². The van der Waals surface area contributed by atoms with Crippen LogP contribution in [0.1, 0.15) is 36.0 Å². The third kappa shape index (κ3) is 4.33. The zero-order valence-electron chi connectivity index (χ0n) is 17.0. The van der Waals surface area contributed by atoms with Crippen molar-refractivity contribution in [1.82, 2.24) is 9.55 Å². The van der Waals surface area contributed by atoms with E-state index in [0.29, 0.717) is 36.6 Å². The molecule has 1 heterocycles. The van der Waals surface area contributed by atoms with Crippen molar-refractivity contribution in [2.75, 3.05) is 20.8 Å². The maximum atomic E-state index is 13.2. The van der Waals surface area contributed by atoms with Gasteiger partial charge in [0.05, 0.1) is 7.11 Å². The fourth-order valence-corrected chi connectivity index (χ4v) is 3.43. The molecule has 1 aliphatic rings. The van der Waals surface area contributed by atoms with E-state index in [9.17, 15) is 19.5 Å². The predicted molar refractivity (Wildman–Crippen MR) is 110 cm³/mol. The molecular weight excluding hydrogens is 388 g/mol. The van der Waals surface area contributed by atoms with Crippen LogP contribution in [-0.4, -0.2) is 47.1 Å². The first-order valence-corrected chi connectivity index (χ1v) is 9.71. The zero-order valence-corrected chi connectivity index (χ0v) is 17.0. The molecule has 30 heavy (non-hydrogen) atoms. The van der Waals surface area contributed by atoms with E-state index in [0.717, 1.165) is 0 Å². The molecule has 2 aromatic rings. The lowest BCUT2D eigenvalue weighted by Crippen LogP contribution is -2.31. The summed E-state index contributed by atoms with van der Waals surface area (Å²) in [6, 6.07) is 7.09. The Morgan fingerprint density at radius 2 is 2.03 bits per heavy atom. The number of methoxy groups -OCH3 is 2. The van der Waals surface area contributed by atoms with Crippen LogP contribution >= 0.6 is 0 Å². The second-order valence-electron chi connectivity index (χ2n) is 6.96. The van der Waals surface area contributed by atoms with Crippen molar-refractivity contribution >= 4 is 11.6 Å². The largest absolute Gasteiger partial charge is 0.511 e. The van der Waals surface area contributed by atoms with Gasteiger partial charge < -0.3 is 14.6 Å². The van der Waals surface area contributed by atoms with E-state index < -0.39 is 17.1 Å². The van der Waals surface area contributed by atoms with E-state index in [1.54, 1.807) is 38.5 Å². The number of aromatic nitrogens is 2. The second kappa shape index (κ2) is 9.49. The highest BCUT2D eigenvalue weighted by Gasteiger charge is 2.30. The average Bonchev–Trinajstić information content (AvgIpc) is 2.74. The highest BCUT2D eigenvalue weighted by molar-refractivity contribution is 6.26. The first-order chi connectivity index (χ1) is 14.5. The van der Waals surface area contributed by atoms with Gasteiger partial charge in [0.25, 0.3) is 5.56 Å². The van der Waals surface area contributed by atoms with Crippen LogP contribution in [0.2, 0.25) is 0 Å². The van der Waals surface area contributed by atoms with Crippen LogP contribution in [-0.2, 0) is 16.1 Å². The van der Waals surface area contributed by atoms with E-state index in [4.69, 9.17) is 9.47 Å². The number of rotatable bonds is 8. The molecule has 0 radical (unpaired) electrons. The summed E-state index contributed by atoms with van der Waals surface area (Å²) in [5, 5.41) is 10.1. The molecule has 1 N–H and O–H groups in total. The van der Waals surface area contributed by atoms with Gasteiger partial charge in [-0.05, 0) is 25.0 Å². The summed E-state index contributed by atoms with van der Waals surface area (Å²) in [7, 11) is 3.11. The standard InChI is InChI=1S/C22H24N2O6/c1-29-11-5-10-24-21(14-6-3-7-15(12-14)30-2)23-13-16(22(24)28)20(27)19-17(25)8-4-9-18(19)26/h3,6-7,12-13,25H,4-5,8-11H2,1-2H3. The molecule has 8 heteroatoms. The highest BCUT2D eigenvalue weighted by Crippen LogP contribution is 2.24. The first kappa shape index (κ1) is 21.4. The predicted octanol–water partition coefficient (Wildman–Crippen LogP) is 2.70. The first-order valence-electron chi connectivity index (χ1n) is 9.71. The smallest absolute Gasteiger partial charge is 0.265 e. The van der Waals surface area contributed by atoms with Crippen LogP contribution in [0.15, 0.2) is 46.6 Å². The minimum absolute atomic E-state index is 0.169. The summed E-state index contributed by atoms with van der Waals surface area (Å²) in [4.78, 5) is 42.7. The number of aliphatic hydroxyl groups is 1. The Labute approximate surface area is 173 Å². The summed E-state index contributed by atoms with van der Waals surface area (Å²) in [6.45, 7) is 0.693. The van der Waals surface area contributed by atoms with Crippen molar-refractivity contribution in [2.24, 2.45) is 0 Å². The van der Waals surface area contributed by atoms with Crippen LogP contribution in [0.5, 0.6) is 5.75 Å². The van der Waals surface area contributed by atoms with Crippen LogP contribution in [0, 0.1) is 0 Å². The average molecular weight is 412 g/mol. The Bertz CT molecular complexity index is 1050. The van der Waals surface area contributed by atoms with Gasteiger partial charge in [0.1, 0.15) is 28.5 Å².